The molecule has 0 saturated carbocycles. The molecule has 2 aromatic rings. The molecule has 0 radical (unpaired) electrons. The molecule has 0 spiro atoms. The predicted octanol–water partition coefficient (Wildman–Crippen LogP) is 5.73. The summed E-state index contributed by atoms with van der Waals surface area (Å²) in [6.45, 7) is 9.03. The second-order valence-corrected chi connectivity index (χ2v) is 10.6. The first kappa shape index (κ1) is 23.1. The van der Waals surface area contributed by atoms with Gasteiger partial charge in [0.25, 0.3) is 0 Å². The maximum absolute atomic E-state index is 15.5. The van der Waals surface area contributed by atoms with Crippen molar-refractivity contribution in [2.45, 2.75) is 52.1 Å². The summed E-state index contributed by atoms with van der Waals surface area (Å²) in [7, 11) is 0. The van der Waals surface area contributed by atoms with Crippen LogP contribution in [0.4, 0.5) is 13.6 Å². The Balaban J connectivity index is 1.54. The van der Waals surface area contributed by atoms with Gasteiger partial charge in [-0.05, 0) is 91.6 Å². The summed E-state index contributed by atoms with van der Waals surface area (Å²) in [5, 5.41) is 10.3. The van der Waals surface area contributed by atoms with Crippen LogP contribution in [-0.4, -0.2) is 53.3 Å². The van der Waals surface area contributed by atoms with Gasteiger partial charge in [-0.3, -0.25) is 4.90 Å². The third kappa shape index (κ3) is 3.84. The van der Waals surface area contributed by atoms with E-state index in [4.69, 9.17) is 4.74 Å². The Morgan fingerprint density at radius 2 is 1.91 bits per heavy atom. The van der Waals surface area contributed by atoms with Crippen LogP contribution >= 0.6 is 0 Å². The van der Waals surface area contributed by atoms with Crippen molar-refractivity contribution in [2.75, 3.05) is 26.2 Å². The Morgan fingerprint density at radius 1 is 1.18 bits per heavy atom. The fourth-order valence-electron chi connectivity index (χ4n) is 6.43. The van der Waals surface area contributed by atoms with E-state index in [0.717, 1.165) is 43.6 Å². The summed E-state index contributed by atoms with van der Waals surface area (Å²) in [4.78, 5) is 16.6. The van der Waals surface area contributed by atoms with Crippen molar-refractivity contribution in [3.63, 3.8) is 0 Å². The van der Waals surface area contributed by atoms with Crippen molar-refractivity contribution in [2.24, 2.45) is 11.3 Å². The van der Waals surface area contributed by atoms with Crippen LogP contribution in [0.25, 0.3) is 11.1 Å². The van der Waals surface area contributed by atoms with Gasteiger partial charge in [-0.2, -0.15) is 0 Å². The summed E-state index contributed by atoms with van der Waals surface area (Å²) in [5.74, 6) is -0.512. The summed E-state index contributed by atoms with van der Waals surface area (Å²) >= 11 is 0. The molecule has 5 nitrogen and oxygen atoms in total. The van der Waals surface area contributed by atoms with Crippen LogP contribution in [0.15, 0.2) is 30.3 Å². The monoisotopic (exact) mass is 470 g/mol. The smallest absolute Gasteiger partial charge is 0.408 e. The Morgan fingerprint density at radius 3 is 2.50 bits per heavy atom. The molecule has 1 amide bonds. The molecule has 2 aromatic carbocycles. The lowest BCUT2D eigenvalue weighted by molar-refractivity contribution is -0.0267. The van der Waals surface area contributed by atoms with Gasteiger partial charge in [0.05, 0.1) is 18.7 Å². The molecule has 0 aromatic heterocycles. The summed E-state index contributed by atoms with van der Waals surface area (Å²) < 4.78 is 35.2. The quantitative estimate of drug-likeness (QED) is 0.607. The number of amides is 1. The van der Waals surface area contributed by atoms with Gasteiger partial charge in [0, 0.05) is 12.1 Å². The van der Waals surface area contributed by atoms with Gasteiger partial charge in [-0.15, -0.1) is 0 Å². The van der Waals surface area contributed by atoms with Gasteiger partial charge in [-0.25, -0.2) is 13.6 Å². The summed E-state index contributed by atoms with van der Waals surface area (Å²) in [5.41, 5.74) is 2.03. The van der Waals surface area contributed by atoms with Crippen molar-refractivity contribution in [3.05, 3.63) is 53.1 Å². The first-order valence-electron chi connectivity index (χ1n) is 12.2. The number of carbonyl (C=O) groups is 1. The minimum absolute atomic E-state index is 0.0850. The molecule has 1 aliphatic carbocycles. The SMILES string of the molecule is CCOc1ccc(-c2cc3c(cc2F)[C@H](N(C(=O)O)[C@@H]2CN4CCC2CC4)C(C)(C)C3)cc1F. The maximum atomic E-state index is 15.5. The van der Waals surface area contributed by atoms with Crippen LogP contribution in [0.1, 0.15) is 50.8 Å². The zero-order valence-electron chi connectivity index (χ0n) is 20.0. The number of hydrogen-bond acceptors (Lipinski definition) is 3. The lowest BCUT2D eigenvalue weighted by Crippen LogP contribution is -2.60. The van der Waals surface area contributed by atoms with E-state index in [2.05, 4.69) is 18.7 Å². The fourth-order valence-corrected chi connectivity index (χ4v) is 6.43. The van der Waals surface area contributed by atoms with Crippen LogP contribution in [0.5, 0.6) is 5.75 Å². The Hall–Kier alpha value is -2.67. The number of hydrogen-bond donors (Lipinski definition) is 1. The Labute approximate surface area is 199 Å². The highest BCUT2D eigenvalue weighted by Gasteiger charge is 2.50. The second kappa shape index (κ2) is 8.52. The third-order valence-corrected chi connectivity index (χ3v) is 7.93. The highest BCUT2D eigenvalue weighted by atomic mass is 19.1. The zero-order chi connectivity index (χ0) is 24.2. The average Bonchev–Trinajstić information content (AvgIpc) is 3.05. The normalized spacial score (nSPS) is 26.9. The number of benzene rings is 2. The van der Waals surface area contributed by atoms with E-state index < -0.39 is 23.8 Å². The minimum Gasteiger partial charge on any atom is -0.491 e. The number of rotatable bonds is 5. The molecule has 3 saturated heterocycles. The molecular formula is C27H32F2N2O3. The predicted molar refractivity (Wildman–Crippen MR) is 126 cm³/mol. The van der Waals surface area contributed by atoms with Gasteiger partial charge in [0.1, 0.15) is 5.82 Å². The lowest BCUT2D eigenvalue weighted by atomic mass is 9.79. The molecular weight excluding hydrogens is 438 g/mol. The fraction of sp³-hybridized carbons (Fsp3) is 0.519. The van der Waals surface area contributed by atoms with Crippen LogP contribution in [0.3, 0.4) is 0 Å². The van der Waals surface area contributed by atoms with E-state index in [1.165, 1.54) is 18.2 Å². The Bertz CT molecular complexity index is 1110. The number of halogens is 2. The largest absolute Gasteiger partial charge is 0.491 e. The van der Waals surface area contributed by atoms with Gasteiger partial charge in [0.15, 0.2) is 11.6 Å². The van der Waals surface area contributed by atoms with Crippen LogP contribution in [0.2, 0.25) is 0 Å². The molecule has 34 heavy (non-hydrogen) atoms. The standard InChI is InChI=1S/C27H32F2N2O3/c1-4-34-24-6-5-17(12-22(24)29)19-11-18-14-27(2,3)25(20(18)13-21(19)28)31(26(32)33)23-15-30-9-7-16(23)8-10-30/h5-6,11-13,16,23,25H,4,7-10,14-15H2,1-3H3,(H,32,33)/t23-,25+/m1/s1. The van der Waals surface area contributed by atoms with Gasteiger partial charge >= 0.3 is 6.09 Å². The molecule has 1 N–H and O–H groups in total. The first-order valence-corrected chi connectivity index (χ1v) is 12.2. The molecule has 3 fully saturated rings. The van der Waals surface area contributed by atoms with Gasteiger partial charge < -0.3 is 14.7 Å². The highest BCUT2D eigenvalue weighted by molar-refractivity contribution is 5.70. The Kier molecular flexibility index (Phi) is 5.79. The average molecular weight is 471 g/mol. The van der Waals surface area contributed by atoms with Crippen molar-refractivity contribution in [3.8, 4) is 16.9 Å². The number of ether oxygens (including phenoxy) is 1. The van der Waals surface area contributed by atoms with Crippen LogP contribution < -0.4 is 4.74 Å². The maximum Gasteiger partial charge on any atom is 0.408 e. The number of fused-ring (bicyclic) bond motifs is 4. The zero-order valence-corrected chi connectivity index (χ0v) is 20.0. The molecule has 0 unspecified atom stereocenters. The molecule has 3 aliphatic heterocycles. The summed E-state index contributed by atoms with van der Waals surface area (Å²) in [6, 6.07) is 7.22. The van der Waals surface area contributed by atoms with Gasteiger partial charge in [-0.1, -0.05) is 19.9 Å². The molecule has 182 valence electrons. The second-order valence-electron chi connectivity index (χ2n) is 10.6. The molecule has 3 heterocycles. The van der Waals surface area contributed by atoms with E-state index in [0.29, 0.717) is 30.1 Å². The van der Waals surface area contributed by atoms with Crippen molar-refractivity contribution in [1.29, 1.82) is 0 Å². The first-order chi connectivity index (χ1) is 16.2. The topological polar surface area (TPSA) is 53.0 Å². The molecule has 4 aliphatic rings. The number of piperidine rings is 3. The van der Waals surface area contributed by atoms with Gasteiger partial charge in [0.2, 0.25) is 0 Å². The van der Waals surface area contributed by atoms with E-state index in [1.54, 1.807) is 24.0 Å². The van der Waals surface area contributed by atoms with E-state index >= 15 is 4.39 Å². The highest BCUT2D eigenvalue weighted by Crippen LogP contribution is 2.52. The number of carboxylic acid groups (broad SMARTS) is 1. The van der Waals surface area contributed by atoms with Crippen molar-refractivity contribution < 1.29 is 23.4 Å². The van der Waals surface area contributed by atoms with Crippen LogP contribution in [0, 0.1) is 23.0 Å². The minimum atomic E-state index is -0.942. The molecule has 6 rings (SSSR count). The van der Waals surface area contributed by atoms with Crippen molar-refractivity contribution >= 4 is 6.09 Å². The number of nitrogens with zero attached hydrogens (tertiary/aromatic N) is 2. The molecule has 2 atom stereocenters. The van der Waals surface area contributed by atoms with Crippen molar-refractivity contribution in [1.82, 2.24) is 9.80 Å². The van der Waals surface area contributed by atoms with E-state index in [9.17, 15) is 14.3 Å². The molecule has 2 bridgehead atoms. The van der Waals surface area contributed by atoms with Crippen LogP contribution in [-0.2, 0) is 6.42 Å². The summed E-state index contributed by atoms with van der Waals surface area (Å²) in [6.07, 6.45) is 1.70. The van der Waals surface area contributed by atoms with E-state index in [-0.39, 0.29) is 17.2 Å². The molecule has 7 heteroatoms. The lowest BCUT2D eigenvalue weighted by Gasteiger charge is -2.51. The van der Waals surface area contributed by atoms with E-state index in [1.807, 2.05) is 0 Å². The third-order valence-electron chi connectivity index (χ3n) is 7.93.